The lowest BCUT2D eigenvalue weighted by Crippen LogP contribution is -2.24. The Morgan fingerprint density at radius 2 is 1.89 bits per heavy atom. The standard InChI is InChI=1S/C24H22N2OS/c1-17-12-13-21(15-20-10-5-9-19-11-6-14-25-22(19)20)28-23(17)24(27)26-16-18-7-3-2-4-8-18/h2-11,13-14H,12,15-16H2,1H3,(H,26,27). The molecule has 28 heavy (non-hydrogen) atoms. The molecule has 3 nitrogen and oxygen atoms in total. The summed E-state index contributed by atoms with van der Waals surface area (Å²) >= 11 is 1.59. The Morgan fingerprint density at radius 3 is 2.75 bits per heavy atom. The molecular formula is C24H22N2OS. The number of nitrogens with zero attached hydrogens (tertiary/aromatic N) is 1. The van der Waals surface area contributed by atoms with Crippen LogP contribution in [0.15, 0.2) is 88.3 Å². The first kappa shape index (κ1) is 18.5. The Hall–Kier alpha value is -2.85. The molecule has 0 saturated heterocycles. The lowest BCUT2D eigenvalue weighted by atomic mass is 10.1. The molecule has 4 rings (SSSR count). The van der Waals surface area contributed by atoms with Gasteiger partial charge in [-0.2, -0.15) is 0 Å². The van der Waals surface area contributed by atoms with Crippen molar-refractivity contribution < 1.29 is 4.79 Å². The third-order valence-corrected chi connectivity index (χ3v) is 6.15. The topological polar surface area (TPSA) is 42.0 Å². The molecule has 1 aromatic heterocycles. The van der Waals surface area contributed by atoms with E-state index in [0.29, 0.717) is 6.54 Å². The van der Waals surface area contributed by atoms with Crippen LogP contribution in [0.5, 0.6) is 0 Å². The minimum atomic E-state index is 0.00741. The van der Waals surface area contributed by atoms with E-state index in [-0.39, 0.29) is 5.91 Å². The van der Waals surface area contributed by atoms with E-state index in [9.17, 15) is 4.79 Å². The molecule has 4 heteroatoms. The first-order valence-electron chi connectivity index (χ1n) is 9.42. The fourth-order valence-corrected chi connectivity index (χ4v) is 4.40. The van der Waals surface area contributed by atoms with Gasteiger partial charge in [-0.3, -0.25) is 9.78 Å². The minimum Gasteiger partial charge on any atom is -0.348 e. The highest BCUT2D eigenvalue weighted by atomic mass is 32.2. The molecule has 0 aliphatic carbocycles. The quantitative estimate of drug-likeness (QED) is 0.639. The third kappa shape index (κ3) is 4.18. The monoisotopic (exact) mass is 386 g/mol. The molecule has 0 radical (unpaired) electrons. The van der Waals surface area contributed by atoms with Crippen molar-refractivity contribution in [3.63, 3.8) is 0 Å². The van der Waals surface area contributed by atoms with Crippen molar-refractivity contribution in [3.05, 3.63) is 99.4 Å². The summed E-state index contributed by atoms with van der Waals surface area (Å²) in [5, 5.41) is 4.20. The number of hydrogen-bond donors (Lipinski definition) is 1. The largest absolute Gasteiger partial charge is 0.348 e. The Morgan fingerprint density at radius 1 is 1.07 bits per heavy atom. The van der Waals surface area contributed by atoms with Crippen LogP contribution in [0.3, 0.4) is 0 Å². The maximum atomic E-state index is 12.8. The maximum Gasteiger partial charge on any atom is 0.258 e. The summed E-state index contributed by atoms with van der Waals surface area (Å²) in [6.07, 6.45) is 5.67. The van der Waals surface area contributed by atoms with Crippen LogP contribution in [-0.2, 0) is 17.8 Å². The molecule has 0 atom stereocenters. The van der Waals surface area contributed by atoms with E-state index in [1.807, 2.05) is 49.5 Å². The summed E-state index contributed by atoms with van der Waals surface area (Å²) in [6, 6.07) is 20.3. The molecule has 0 spiro atoms. The fourth-order valence-electron chi connectivity index (χ4n) is 3.32. The van der Waals surface area contributed by atoms with Crippen molar-refractivity contribution in [1.82, 2.24) is 10.3 Å². The third-order valence-electron chi connectivity index (χ3n) is 4.84. The van der Waals surface area contributed by atoms with E-state index in [2.05, 4.69) is 40.6 Å². The number of rotatable bonds is 5. The van der Waals surface area contributed by atoms with E-state index in [0.717, 1.165) is 39.8 Å². The minimum absolute atomic E-state index is 0.00741. The second-order valence-electron chi connectivity index (χ2n) is 6.92. The number of hydrogen-bond acceptors (Lipinski definition) is 3. The van der Waals surface area contributed by atoms with Gasteiger partial charge in [0.15, 0.2) is 0 Å². The zero-order valence-electron chi connectivity index (χ0n) is 15.8. The first-order valence-corrected chi connectivity index (χ1v) is 10.2. The van der Waals surface area contributed by atoms with Gasteiger partial charge in [0.1, 0.15) is 0 Å². The Kier molecular flexibility index (Phi) is 5.58. The van der Waals surface area contributed by atoms with Crippen molar-refractivity contribution in [2.75, 3.05) is 0 Å². The average Bonchev–Trinajstić information content (AvgIpc) is 2.74. The van der Waals surface area contributed by atoms with E-state index < -0.39 is 0 Å². The van der Waals surface area contributed by atoms with Crippen LogP contribution in [0.25, 0.3) is 10.9 Å². The molecule has 2 aromatic carbocycles. The number of benzene rings is 2. The lowest BCUT2D eigenvalue weighted by molar-refractivity contribution is -0.117. The van der Waals surface area contributed by atoms with Crippen molar-refractivity contribution in [2.24, 2.45) is 0 Å². The van der Waals surface area contributed by atoms with Crippen molar-refractivity contribution in [3.8, 4) is 0 Å². The van der Waals surface area contributed by atoms with Gasteiger partial charge >= 0.3 is 0 Å². The van der Waals surface area contributed by atoms with E-state index in [4.69, 9.17) is 0 Å². The maximum absolute atomic E-state index is 12.8. The first-order chi connectivity index (χ1) is 13.7. The van der Waals surface area contributed by atoms with Crippen molar-refractivity contribution in [1.29, 1.82) is 0 Å². The van der Waals surface area contributed by atoms with Gasteiger partial charge in [-0.15, -0.1) is 0 Å². The zero-order chi connectivity index (χ0) is 19.3. The van der Waals surface area contributed by atoms with Crippen LogP contribution in [0.2, 0.25) is 0 Å². The number of carbonyl (C=O) groups excluding carboxylic acids is 1. The molecular weight excluding hydrogens is 364 g/mol. The van der Waals surface area contributed by atoms with Gasteiger partial charge < -0.3 is 5.32 Å². The van der Waals surface area contributed by atoms with Crippen molar-refractivity contribution >= 4 is 28.6 Å². The lowest BCUT2D eigenvalue weighted by Gasteiger charge is -2.18. The highest BCUT2D eigenvalue weighted by molar-refractivity contribution is 8.07. The number of fused-ring (bicyclic) bond motifs is 1. The summed E-state index contributed by atoms with van der Waals surface area (Å²) in [5.41, 5.74) is 4.45. The average molecular weight is 387 g/mol. The molecule has 3 aromatic rings. The van der Waals surface area contributed by atoms with E-state index in [1.54, 1.807) is 11.8 Å². The normalized spacial score (nSPS) is 14.1. The highest BCUT2D eigenvalue weighted by Crippen LogP contribution is 2.37. The Labute approximate surface area is 169 Å². The highest BCUT2D eigenvalue weighted by Gasteiger charge is 2.20. The van der Waals surface area contributed by atoms with Crippen LogP contribution in [0, 0.1) is 0 Å². The second-order valence-corrected chi connectivity index (χ2v) is 8.06. The van der Waals surface area contributed by atoms with Gasteiger partial charge in [0.2, 0.25) is 0 Å². The van der Waals surface area contributed by atoms with Gasteiger partial charge in [-0.05, 0) is 41.0 Å². The number of amides is 1. The fraction of sp³-hybridized carbons (Fsp3) is 0.167. The number of thioether (sulfide) groups is 1. The van der Waals surface area contributed by atoms with Crippen LogP contribution in [0.4, 0.5) is 0 Å². The smallest absolute Gasteiger partial charge is 0.258 e. The summed E-state index contributed by atoms with van der Waals surface area (Å²) in [4.78, 5) is 19.3. The van der Waals surface area contributed by atoms with Crippen LogP contribution < -0.4 is 5.32 Å². The van der Waals surface area contributed by atoms with E-state index in [1.165, 1.54) is 10.5 Å². The number of nitrogens with one attached hydrogen (secondary N) is 1. The molecule has 1 amide bonds. The van der Waals surface area contributed by atoms with Gasteiger partial charge in [0, 0.05) is 24.5 Å². The van der Waals surface area contributed by atoms with Gasteiger partial charge in [-0.25, -0.2) is 0 Å². The number of pyridine rings is 1. The number of allylic oxidation sites excluding steroid dienone is 3. The Balaban J connectivity index is 1.46. The van der Waals surface area contributed by atoms with Crippen LogP contribution >= 0.6 is 11.8 Å². The van der Waals surface area contributed by atoms with Gasteiger partial charge in [-0.1, -0.05) is 72.4 Å². The summed E-state index contributed by atoms with van der Waals surface area (Å²) < 4.78 is 0. The molecule has 0 bridgehead atoms. The molecule has 0 unspecified atom stereocenters. The predicted octanol–water partition coefficient (Wildman–Crippen LogP) is 5.39. The molecule has 1 N–H and O–H groups in total. The second kappa shape index (κ2) is 8.44. The molecule has 1 aliphatic heterocycles. The Bertz CT molecular complexity index is 1060. The summed E-state index contributed by atoms with van der Waals surface area (Å²) in [6.45, 7) is 2.58. The molecule has 1 aliphatic rings. The van der Waals surface area contributed by atoms with Gasteiger partial charge in [0.25, 0.3) is 5.91 Å². The number of aromatic nitrogens is 1. The van der Waals surface area contributed by atoms with Crippen molar-refractivity contribution in [2.45, 2.75) is 26.3 Å². The summed E-state index contributed by atoms with van der Waals surface area (Å²) in [5.74, 6) is 0.00741. The SMILES string of the molecule is CC1=C(C(=O)NCc2ccccc2)SC(Cc2cccc3cccnc23)=CC1. The van der Waals surface area contributed by atoms with Gasteiger partial charge in [0.05, 0.1) is 10.4 Å². The molecule has 0 fully saturated rings. The molecule has 140 valence electrons. The molecule has 0 saturated carbocycles. The number of carbonyl (C=O) groups is 1. The predicted molar refractivity (Wildman–Crippen MR) is 117 cm³/mol. The van der Waals surface area contributed by atoms with Crippen LogP contribution in [0.1, 0.15) is 24.5 Å². The van der Waals surface area contributed by atoms with Crippen LogP contribution in [-0.4, -0.2) is 10.9 Å². The summed E-state index contributed by atoms with van der Waals surface area (Å²) in [7, 11) is 0. The molecule has 2 heterocycles. The number of para-hydroxylation sites is 1. The zero-order valence-corrected chi connectivity index (χ0v) is 16.6. The van der Waals surface area contributed by atoms with E-state index >= 15 is 0 Å².